The monoisotopic (exact) mass is 274 g/mol. The van der Waals surface area contributed by atoms with Crippen molar-refractivity contribution in [3.05, 3.63) is 34.1 Å². The van der Waals surface area contributed by atoms with E-state index < -0.39 is 10.7 Å². The summed E-state index contributed by atoms with van der Waals surface area (Å²) in [6.07, 6.45) is 2.41. The van der Waals surface area contributed by atoms with E-state index in [1.54, 1.807) is 11.8 Å². The number of non-ortho nitro benzene ring substituents is 1. The van der Waals surface area contributed by atoms with Crippen LogP contribution in [0, 0.1) is 15.9 Å². The van der Waals surface area contributed by atoms with E-state index in [4.69, 9.17) is 5.11 Å². The molecule has 18 heavy (non-hydrogen) atoms. The minimum atomic E-state index is -0.659. The molecule has 0 amide bonds. The van der Waals surface area contributed by atoms with Gasteiger partial charge in [0.25, 0.3) is 5.69 Å². The van der Waals surface area contributed by atoms with Crippen LogP contribution in [-0.4, -0.2) is 34.7 Å². The smallest absolute Gasteiger partial charge is 0.272 e. The second-order valence-corrected chi connectivity index (χ2v) is 4.64. The maximum Gasteiger partial charge on any atom is 0.272 e. The van der Waals surface area contributed by atoms with E-state index in [-0.39, 0.29) is 24.0 Å². The molecule has 0 aromatic heterocycles. The average Bonchev–Trinajstić information content (AvgIpc) is 2.32. The Balaban J connectivity index is 2.79. The predicted molar refractivity (Wildman–Crippen MR) is 70.5 cm³/mol. The summed E-state index contributed by atoms with van der Waals surface area (Å²) in [6, 6.07) is 3.41. The number of thioether (sulfide) groups is 1. The highest BCUT2D eigenvalue weighted by Gasteiger charge is 2.13. The Bertz CT molecular complexity index is 411. The lowest BCUT2D eigenvalue weighted by atomic mass is 10.2. The second-order valence-electron chi connectivity index (χ2n) is 3.73. The number of nitrogens with zero attached hydrogens (tertiary/aromatic N) is 1. The Morgan fingerprint density at radius 2 is 2.33 bits per heavy atom. The number of nitro benzene ring substituents is 1. The number of aliphatic hydroxyl groups is 1. The van der Waals surface area contributed by atoms with Gasteiger partial charge in [-0.3, -0.25) is 10.1 Å². The SMILES string of the molecule is CSC[C@@H](CCO)Nc1ccc([N+](=O)[O-])cc1F. The van der Waals surface area contributed by atoms with Crippen LogP contribution < -0.4 is 5.32 Å². The van der Waals surface area contributed by atoms with Crippen molar-refractivity contribution >= 4 is 23.1 Å². The van der Waals surface area contributed by atoms with Crippen LogP contribution in [0.3, 0.4) is 0 Å². The zero-order chi connectivity index (χ0) is 13.5. The molecule has 0 saturated carbocycles. The third-order valence-corrected chi connectivity index (χ3v) is 3.10. The molecule has 1 atom stereocenters. The molecule has 2 N–H and O–H groups in total. The topological polar surface area (TPSA) is 75.4 Å². The summed E-state index contributed by atoms with van der Waals surface area (Å²) in [5, 5.41) is 22.3. The number of benzene rings is 1. The van der Waals surface area contributed by atoms with Crippen LogP contribution in [0.15, 0.2) is 18.2 Å². The molecule has 0 bridgehead atoms. The van der Waals surface area contributed by atoms with Crippen LogP contribution in [0.1, 0.15) is 6.42 Å². The van der Waals surface area contributed by atoms with Gasteiger partial charge in [0.05, 0.1) is 16.7 Å². The van der Waals surface area contributed by atoms with Gasteiger partial charge in [0, 0.05) is 24.5 Å². The minimum Gasteiger partial charge on any atom is -0.396 e. The van der Waals surface area contributed by atoms with Crippen molar-refractivity contribution in [3.8, 4) is 0 Å². The molecule has 5 nitrogen and oxygen atoms in total. The van der Waals surface area contributed by atoms with E-state index >= 15 is 0 Å². The van der Waals surface area contributed by atoms with Crippen LogP contribution in [0.4, 0.5) is 15.8 Å². The molecule has 0 fully saturated rings. The summed E-state index contributed by atoms with van der Waals surface area (Å²) in [7, 11) is 0. The fraction of sp³-hybridized carbons (Fsp3) is 0.455. The number of hydrogen-bond donors (Lipinski definition) is 2. The molecule has 7 heteroatoms. The van der Waals surface area contributed by atoms with Crippen molar-refractivity contribution in [3.63, 3.8) is 0 Å². The largest absolute Gasteiger partial charge is 0.396 e. The average molecular weight is 274 g/mol. The molecule has 0 spiro atoms. The fourth-order valence-corrected chi connectivity index (χ4v) is 2.16. The van der Waals surface area contributed by atoms with Crippen LogP contribution in [0.25, 0.3) is 0 Å². The molecule has 0 heterocycles. The molecule has 0 saturated heterocycles. The van der Waals surface area contributed by atoms with Gasteiger partial charge in [0.2, 0.25) is 0 Å². The zero-order valence-electron chi connectivity index (χ0n) is 9.93. The van der Waals surface area contributed by atoms with Crippen molar-refractivity contribution in [1.82, 2.24) is 0 Å². The van der Waals surface area contributed by atoms with Gasteiger partial charge >= 0.3 is 0 Å². The molecular formula is C11H15FN2O3S. The molecule has 1 aromatic rings. The summed E-state index contributed by atoms with van der Waals surface area (Å²) >= 11 is 1.58. The van der Waals surface area contributed by atoms with Gasteiger partial charge in [0.1, 0.15) is 0 Å². The highest BCUT2D eigenvalue weighted by molar-refractivity contribution is 7.98. The summed E-state index contributed by atoms with van der Waals surface area (Å²) in [6.45, 7) is 0.00677. The maximum absolute atomic E-state index is 13.6. The molecule has 0 aliphatic rings. The standard InChI is InChI=1S/C11H15FN2O3S/c1-18-7-8(4-5-15)13-11-3-2-9(14(16)17)6-10(11)12/h2-3,6,8,13,15H,4-5,7H2,1H3/t8-/m1/s1. The first-order chi connectivity index (χ1) is 8.58. The lowest BCUT2D eigenvalue weighted by Crippen LogP contribution is -2.24. The highest BCUT2D eigenvalue weighted by Crippen LogP contribution is 2.22. The Morgan fingerprint density at radius 1 is 1.61 bits per heavy atom. The van der Waals surface area contributed by atoms with Crippen molar-refractivity contribution < 1.29 is 14.4 Å². The maximum atomic E-state index is 13.6. The molecule has 1 rings (SSSR count). The minimum absolute atomic E-state index is 0.00677. The number of aliphatic hydroxyl groups excluding tert-OH is 1. The molecule has 1 aromatic carbocycles. The van der Waals surface area contributed by atoms with Crippen LogP contribution in [0.5, 0.6) is 0 Å². The number of nitro groups is 1. The Hall–Kier alpha value is -1.34. The molecule has 0 unspecified atom stereocenters. The molecule has 0 radical (unpaired) electrons. The molecule has 0 aliphatic carbocycles. The van der Waals surface area contributed by atoms with Crippen LogP contribution in [-0.2, 0) is 0 Å². The summed E-state index contributed by atoms with van der Waals surface area (Å²) < 4.78 is 13.6. The van der Waals surface area contributed by atoms with Gasteiger partial charge in [0.15, 0.2) is 5.82 Å². The van der Waals surface area contributed by atoms with Crippen molar-refractivity contribution in [1.29, 1.82) is 0 Å². The zero-order valence-corrected chi connectivity index (χ0v) is 10.7. The van der Waals surface area contributed by atoms with E-state index in [0.29, 0.717) is 6.42 Å². The quantitative estimate of drug-likeness (QED) is 0.589. The molecular weight excluding hydrogens is 259 g/mol. The van der Waals surface area contributed by atoms with E-state index in [1.165, 1.54) is 12.1 Å². The summed E-state index contributed by atoms with van der Waals surface area (Å²) in [4.78, 5) is 9.83. The summed E-state index contributed by atoms with van der Waals surface area (Å²) in [5.41, 5.74) is -0.0604. The number of nitrogens with one attached hydrogen (secondary N) is 1. The van der Waals surface area contributed by atoms with E-state index in [9.17, 15) is 14.5 Å². The van der Waals surface area contributed by atoms with Crippen molar-refractivity contribution in [2.24, 2.45) is 0 Å². The number of hydrogen-bond acceptors (Lipinski definition) is 5. The number of anilines is 1. The van der Waals surface area contributed by atoms with E-state index in [1.807, 2.05) is 6.26 Å². The third kappa shape index (κ3) is 4.15. The third-order valence-electron chi connectivity index (χ3n) is 2.37. The Labute approximate surface area is 109 Å². The van der Waals surface area contributed by atoms with Crippen LogP contribution >= 0.6 is 11.8 Å². The Kier molecular flexibility index (Phi) is 5.87. The van der Waals surface area contributed by atoms with Gasteiger partial charge in [-0.05, 0) is 18.7 Å². The van der Waals surface area contributed by atoms with Gasteiger partial charge < -0.3 is 10.4 Å². The van der Waals surface area contributed by atoms with Crippen molar-refractivity contribution in [2.45, 2.75) is 12.5 Å². The lowest BCUT2D eigenvalue weighted by Gasteiger charge is -2.18. The summed E-state index contributed by atoms with van der Waals surface area (Å²) in [5.74, 6) is 0.0602. The Morgan fingerprint density at radius 3 is 2.83 bits per heavy atom. The van der Waals surface area contributed by atoms with Crippen molar-refractivity contribution in [2.75, 3.05) is 23.9 Å². The van der Waals surface area contributed by atoms with Gasteiger partial charge in [-0.2, -0.15) is 11.8 Å². The highest BCUT2D eigenvalue weighted by atomic mass is 32.2. The lowest BCUT2D eigenvalue weighted by molar-refractivity contribution is -0.385. The second kappa shape index (κ2) is 7.17. The normalized spacial score (nSPS) is 12.2. The molecule has 100 valence electrons. The first kappa shape index (κ1) is 14.7. The predicted octanol–water partition coefficient (Wildman–Crippen LogP) is 2.26. The van der Waals surface area contributed by atoms with Crippen LogP contribution in [0.2, 0.25) is 0 Å². The van der Waals surface area contributed by atoms with Gasteiger partial charge in [-0.25, -0.2) is 4.39 Å². The first-order valence-corrected chi connectivity index (χ1v) is 6.78. The van der Waals surface area contributed by atoms with E-state index in [0.717, 1.165) is 11.8 Å². The van der Waals surface area contributed by atoms with Gasteiger partial charge in [-0.15, -0.1) is 0 Å². The number of halogens is 1. The van der Waals surface area contributed by atoms with Gasteiger partial charge in [-0.1, -0.05) is 0 Å². The van der Waals surface area contributed by atoms with E-state index in [2.05, 4.69) is 5.32 Å². The first-order valence-electron chi connectivity index (χ1n) is 5.38. The fourth-order valence-electron chi connectivity index (χ4n) is 1.51. The number of rotatable bonds is 7. The molecule has 0 aliphatic heterocycles.